The number of anilines is 2. The Morgan fingerprint density at radius 2 is 1.78 bits per heavy atom. The zero-order valence-corrected chi connectivity index (χ0v) is 14.9. The first-order valence-corrected chi connectivity index (χ1v) is 9.34. The standard InChI is InChI=1S/C23H22N2O2/c24-15-7-5-14(6-8-15)23-18-10-9-16(26)11-22(18)27-13-20(23)19-12-25-21-4-2-1-3-17(19)21/h1-11,19-20,23,25-26H,12-13,24H2. The van der Waals surface area contributed by atoms with Gasteiger partial charge < -0.3 is 20.9 Å². The van der Waals surface area contributed by atoms with E-state index >= 15 is 0 Å². The molecule has 0 amide bonds. The molecule has 4 nitrogen and oxygen atoms in total. The summed E-state index contributed by atoms with van der Waals surface area (Å²) in [5.41, 5.74) is 11.6. The average molecular weight is 358 g/mol. The summed E-state index contributed by atoms with van der Waals surface area (Å²) in [6.45, 7) is 1.53. The van der Waals surface area contributed by atoms with Crippen LogP contribution in [0.4, 0.5) is 11.4 Å². The lowest BCUT2D eigenvalue weighted by Crippen LogP contribution is -2.32. The van der Waals surface area contributed by atoms with Crippen LogP contribution in [-0.2, 0) is 0 Å². The highest BCUT2D eigenvalue weighted by atomic mass is 16.5. The summed E-state index contributed by atoms with van der Waals surface area (Å²) < 4.78 is 6.11. The summed E-state index contributed by atoms with van der Waals surface area (Å²) in [7, 11) is 0. The van der Waals surface area contributed by atoms with Gasteiger partial charge in [-0.3, -0.25) is 0 Å². The van der Waals surface area contributed by atoms with Crippen molar-refractivity contribution in [3.63, 3.8) is 0 Å². The first-order valence-electron chi connectivity index (χ1n) is 9.34. The van der Waals surface area contributed by atoms with E-state index in [1.807, 2.05) is 18.2 Å². The third-order valence-corrected chi connectivity index (χ3v) is 5.88. The van der Waals surface area contributed by atoms with Crippen molar-refractivity contribution in [2.45, 2.75) is 11.8 Å². The third kappa shape index (κ3) is 2.69. The molecule has 2 aliphatic heterocycles. The van der Waals surface area contributed by atoms with Gasteiger partial charge in [0.05, 0.1) is 6.61 Å². The Kier molecular flexibility index (Phi) is 3.71. The number of para-hydroxylation sites is 1. The van der Waals surface area contributed by atoms with Gasteiger partial charge in [-0.2, -0.15) is 0 Å². The summed E-state index contributed by atoms with van der Waals surface area (Å²) in [5.74, 6) is 1.85. The van der Waals surface area contributed by atoms with Crippen LogP contribution < -0.4 is 15.8 Å². The number of hydrogen-bond acceptors (Lipinski definition) is 4. The summed E-state index contributed by atoms with van der Waals surface area (Å²) >= 11 is 0. The van der Waals surface area contributed by atoms with E-state index in [0.29, 0.717) is 18.4 Å². The van der Waals surface area contributed by atoms with Gasteiger partial charge in [-0.1, -0.05) is 36.4 Å². The molecule has 3 atom stereocenters. The smallest absolute Gasteiger partial charge is 0.126 e. The number of rotatable bonds is 2. The first kappa shape index (κ1) is 16.1. The Morgan fingerprint density at radius 1 is 0.963 bits per heavy atom. The average Bonchev–Trinajstić information content (AvgIpc) is 3.12. The number of hydrogen-bond donors (Lipinski definition) is 3. The minimum atomic E-state index is 0.188. The molecule has 0 radical (unpaired) electrons. The highest BCUT2D eigenvalue weighted by Gasteiger charge is 2.40. The quantitative estimate of drug-likeness (QED) is 0.597. The van der Waals surface area contributed by atoms with Crippen molar-refractivity contribution in [3.05, 3.63) is 83.4 Å². The second kappa shape index (κ2) is 6.23. The van der Waals surface area contributed by atoms with Crippen molar-refractivity contribution < 1.29 is 9.84 Å². The van der Waals surface area contributed by atoms with Gasteiger partial charge in [0.15, 0.2) is 0 Å². The lowest BCUT2D eigenvalue weighted by atomic mass is 9.71. The Balaban J connectivity index is 1.62. The first-order chi connectivity index (χ1) is 13.2. The van der Waals surface area contributed by atoms with E-state index in [-0.39, 0.29) is 11.7 Å². The van der Waals surface area contributed by atoms with Crippen LogP contribution in [-0.4, -0.2) is 18.3 Å². The maximum Gasteiger partial charge on any atom is 0.126 e. The molecule has 0 fully saturated rings. The summed E-state index contributed by atoms with van der Waals surface area (Å²) in [6.07, 6.45) is 0. The topological polar surface area (TPSA) is 67.5 Å². The molecule has 0 saturated heterocycles. The van der Waals surface area contributed by atoms with Crippen LogP contribution in [0.1, 0.15) is 28.5 Å². The molecule has 0 aromatic heterocycles. The van der Waals surface area contributed by atoms with Gasteiger partial charge in [-0.25, -0.2) is 0 Å². The van der Waals surface area contributed by atoms with Crippen LogP contribution >= 0.6 is 0 Å². The molecule has 136 valence electrons. The van der Waals surface area contributed by atoms with Gasteiger partial charge in [0, 0.05) is 47.3 Å². The van der Waals surface area contributed by atoms with Crippen LogP contribution in [0.2, 0.25) is 0 Å². The van der Waals surface area contributed by atoms with Crippen molar-refractivity contribution in [2.75, 3.05) is 24.2 Å². The van der Waals surface area contributed by atoms with E-state index in [0.717, 1.165) is 23.5 Å². The minimum Gasteiger partial charge on any atom is -0.508 e. The molecule has 27 heavy (non-hydrogen) atoms. The van der Waals surface area contributed by atoms with Crippen molar-refractivity contribution >= 4 is 11.4 Å². The molecule has 0 saturated carbocycles. The molecule has 3 aromatic rings. The SMILES string of the molecule is Nc1ccc(C2c3ccc(O)cc3OCC2C2CNc3ccccc32)cc1. The summed E-state index contributed by atoms with van der Waals surface area (Å²) in [4.78, 5) is 0. The van der Waals surface area contributed by atoms with Gasteiger partial charge in [0.25, 0.3) is 0 Å². The molecular formula is C23H22N2O2. The van der Waals surface area contributed by atoms with E-state index in [1.54, 1.807) is 12.1 Å². The molecule has 0 spiro atoms. The Bertz CT molecular complexity index is 984. The lowest BCUT2D eigenvalue weighted by molar-refractivity contribution is 0.186. The zero-order chi connectivity index (χ0) is 18.4. The van der Waals surface area contributed by atoms with E-state index in [2.05, 4.69) is 41.7 Å². The molecule has 4 heteroatoms. The molecular weight excluding hydrogens is 336 g/mol. The second-order valence-electron chi connectivity index (χ2n) is 7.42. The van der Waals surface area contributed by atoms with E-state index < -0.39 is 0 Å². The largest absolute Gasteiger partial charge is 0.508 e. The highest BCUT2D eigenvalue weighted by molar-refractivity contribution is 5.59. The molecule has 5 rings (SSSR count). The van der Waals surface area contributed by atoms with E-state index in [1.165, 1.54) is 16.8 Å². The molecule has 3 aromatic carbocycles. The normalized spacial score (nSPS) is 23.0. The van der Waals surface area contributed by atoms with Crippen LogP contribution in [0.5, 0.6) is 11.5 Å². The molecule has 2 heterocycles. The fraction of sp³-hybridized carbons (Fsp3) is 0.217. The maximum atomic E-state index is 9.88. The van der Waals surface area contributed by atoms with Crippen molar-refractivity contribution in [3.8, 4) is 11.5 Å². The minimum absolute atomic E-state index is 0.188. The number of phenols is 1. The summed E-state index contributed by atoms with van der Waals surface area (Å²) in [6, 6.07) is 22.1. The number of nitrogen functional groups attached to an aromatic ring is 1. The number of nitrogens with one attached hydrogen (secondary N) is 1. The number of fused-ring (bicyclic) bond motifs is 2. The number of benzene rings is 3. The van der Waals surface area contributed by atoms with Gasteiger partial charge in [-0.05, 0) is 35.4 Å². The molecule has 0 bridgehead atoms. The van der Waals surface area contributed by atoms with Crippen LogP contribution in [0.25, 0.3) is 0 Å². The van der Waals surface area contributed by atoms with Crippen LogP contribution in [0, 0.1) is 5.92 Å². The van der Waals surface area contributed by atoms with Gasteiger partial charge in [0.1, 0.15) is 11.5 Å². The molecule has 4 N–H and O–H groups in total. The Hall–Kier alpha value is -3.14. The highest BCUT2D eigenvalue weighted by Crippen LogP contribution is 2.50. The molecule has 3 unspecified atom stereocenters. The fourth-order valence-electron chi connectivity index (χ4n) is 4.59. The predicted molar refractivity (Wildman–Crippen MR) is 107 cm³/mol. The Morgan fingerprint density at radius 3 is 2.63 bits per heavy atom. The monoisotopic (exact) mass is 358 g/mol. The second-order valence-corrected chi connectivity index (χ2v) is 7.42. The number of ether oxygens (including phenoxy) is 1. The van der Waals surface area contributed by atoms with Crippen molar-refractivity contribution in [2.24, 2.45) is 5.92 Å². The van der Waals surface area contributed by atoms with Gasteiger partial charge in [0.2, 0.25) is 0 Å². The van der Waals surface area contributed by atoms with Crippen LogP contribution in [0.15, 0.2) is 66.7 Å². The van der Waals surface area contributed by atoms with Gasteiger partial charge in [-0.15, -0.1) is 0 Å². The van der Waals surface area contributed by atoms with Crippen molar-refractivity contribution in [1.82, 2.24) is 0 Å². The number of aromatic hydroxyl groups is 1. The number of phenolic OH excluding ortho intramolecular Hbond substituents is 1. The summed E-state index contributed by atoms with van der Waals surface area (Å²) in [5, 5.41) is 13.4. The Labute approximate surface area is 158 Å². The molecule has 0 aliphatic carbocycles. The van der Waals surface area contributed by atoms with E-state index in [4.69, 9.17) is 10.5 Å². The zero-order valence-electron chi connectivity index (χ0n) is 14.9. The predicted octanol–water partition coefficient (Wildman–Crippen LogP) is 4.32. The maximum absolute atomic E-state index is 9.88. The van der Waals surface area contributed by atoms with Gasteiger partial charge >= 0.3 is 0 Å². The number of nitrogens with two attached hydrogens (primary N) is 1. The fourth-order valence-corrected chi connectivity index (χ4v) is 4.59. The molecule has 2 aliphatic rings. The van der Waals surface area contributed by atoms with Crippen LogP contribution in [0.3, 0.4) is 0 Å². The lowest BCUT2D eigenvalue weighted by Gasteiger charge is -2.37. The third-order valence-electron chi connectivity index (χ3n) is 5.88. The van der Waals surface area contributed by atoms with Crippen molar-refractivity contribution in [1.29, 1.82) is 0 Å². The van der Waals surface area contributed by atoms with E-state index in [9.17, 15) is 5.11 Å².